The van der Waals surface area contributed by atoms with Gasteiger partial charge >= 0.3 is 5.97 Å². The van der Waals surface area contributed by atoms with Crippen molar-refractivity contribution in [3.8, 4) is 11.3 Å². The van der Waals surface area contributed by atoms with Crippen LogP contribution in [0.5, 0.6) is 0 Å². The maximum atomic E-state index is 11.1. The average molecular weight is 479 g/mol. The number of hydrogen-bond acceptors (Lipinski definition) is 5. The Kier molecular flexibility index (Phi) is 6.94. The number of benzene rings is 3. The molecule has 3 atom stereocenters. The van der Waals surface area contributed by atoms with Crippen molar-refractivity contribution in [1.82, 2.24) is 9.97 Å². The van der Waals surface area contributed by atoms with E-state index in [-0.39, 0.29) is 18.4 Å². The van der Waals surface area contributed by atoms with Gasteiger partial charge in [0, 0.05) is 29.8 Å². The third-order valence-electron chi connectivity index (χ3n) is 6.91. The van der Waals surface area contributed by atoms with Gasteiger partial charge in [-0.3, -0.25) is 4.79 Å². The molecule has 3 aromatic carbocycles. The molecule has 36 heavy (non-hydrogen) atoms. The average Bonchev–Trinajstić information content (AvgIpc) is 2.88. The van der Waals surface area contributed by atoms with Crippen LogP contribution in [0.3, 0.4) is 0 Å². The number of nitrogens with one attached hydrogen (secondary N) is 2. The Morgan fingerprint density at radius 2 is 1.64 bits per heavy atom. The third-order valence-corrected chi connectivity index (χ3v) is 6.91. The van der Waals surface area contributed by atoms with Gasteiger partial charge in [-0.05, 0) is 54.9 Å². The van der Waals surface area contributed by atoms with E-state index in [2.05, 4.69) is 41.8 Å². The largest absolute Gasteiger partial charge is 0.481 e. The van der Waals surface area contributed by atoms with Crippen molar-refractivity contribution in [2.45, 2.75) is 38.1 Å². The van der Waals surface area contributed by atoms with E-state index in [1.807, 2.05) is 66.7 Å². The number of aromatic nitrogens is 2. The molecule has 1 heterocycles. The van der Waals surface area contributed by atoms with Crippen LogP contribution in [0.2, 0.25) is 0 Å². The number of anilines is 3. The Balaban J connectivity index is 1.37. The molecule has 6 heteroatoms. The van der Waals surface area contributed by atoms with E-state index in [1.165, 1.54) is 11.1 Å². The Morgan fingerprint density at radius 1 is 0.944 bits per heavy atom. The van der Waals surface area contributed by atoms with Crippen LogP contribution in [-0.2, 0) is 4.79 Å². The van der Waals surface area contributed by atoms with Crippen molar-refractivity contribution >= 4 is 23.4 Å². The van der Waals surface area contributed by atoms with E-state index in [9.17, 15) is 4.79 Å². The summed E-state index contributed by atoms with van der Waals surface area (Å²) in [5.74, 6) is 1.09. The summed E-state index contributed by atoms with van der Waals surface area (Å²) in [4.78, 5) is 20.6. The zero-order valence-corrected chi connectivity index (χ0v) is 20.3. The molecule has 6 nitrogen and oxygen atoms in total. The second-order valence-corrected chi connectivity index (χ2v) is 9.39. The second-order valence-electron chi connectivity index (χ2n) is 9.39. The predicted octanol–water partition coefficient (Wildman–Crippen LogP) is 7.03. The highest BCUT2D eigenvalue weighted by Gasteiger charge is 2.33. The Labute approximate surface area is 211 Å². The highest BCUT2D eigenvalue weighted by molar-refractivity contribution is 5.68. The van der Waals surface area contributed by atoms with Crippen molar-refractivity contribution in [1.29, 1.82) is 0 Å². The van der Waals surface area contributed by atoms with Crippen molar-refractivity contribution in [3.05, 3.63) is 102 Å². The minimum Gasteiger partial charge on any atom is -0.481 e. The number of carboxylic acid groups (broad SMARTS) is 1. The first-order valence-corrected chi connectivity index (χ1v) is 12.4. The zero-order chi connectivity index (χ0) is 24.9. The number of carbonyl (C=O) groups is 1. The van der Waals surface area contributed by atoms with E-state index in [1.54, 1.807) is 0 Å². The maximum Gasteiger partial charge on any atom is 0.303 e. The summed E-state index contributed by atoms with van der Waals surface area (Å²) in [5.41, 5.74) is 5.11. The molecule has 0 bridgehead atoms. The van der Waals surface area contributed by atoms with E-state index >= 15 is 0 Å². The van der Waals surface area contributed by atoms with E-state index < -0.39 is 5.97 Å². The number of aliphatic carboxylic acids is 1. The molecule has 1 aromatic heterocycles. The topological polar surface area (TPSA) is 87.1 Å². The molecule has 1 aliphatic carbocycles. The van der Waals surface area contributed by atoms with Gasteiger partial charge in [0.2, 0.25) is 5.95 Å². The fourth-order valence-corrected chi connectivity index (χ4v) is 4.80. The number of nitrogens with zero attached hydrogens (tertiary/aromatic N) is 2. The lowest BCUT2D eigenvalue weighted by Crippen LogP contribution is -2.26. The molecular weight excluding hydrogens is 448 g/mol. The predicted molar refractivity (Wildman–Crippen MR) is 143 cm³/mol. The SMILES string of the molecule is C[C@@H](Nc1cc(-c2ccccc2)nc(Nc2ccc(C3CCC3CC(=O)O)cc2)n1)c1ccccc1. The fourth-order valence-electron chi connectivity index (χ4n) is 4.80. The van der Waals surface area contributed by atoms with Crippen LogP contribution in [0.25, 0.3) is 11.3 Å². The standard InChI is InChI=1S/C30H30N4O2/c1-20(21-8-4-2-5-9-21)31-28-19-27(23-10-6-3-7-11-23)33-30(34-28)32-25-15-12-22(13-16-25)26-17-14-24(26)18-29(35)36/h2-13,15-16,19-20,24,26H,14,17-18H2,1H3,(H,35,36)(H2,31,32,33,34)/t20-,24?,26?/m1/s1. The number of hydrogen-bond donors (Lipinski definition) is 3. The van der Waals surface area contributed by atoms with Crippen LogP contribution in [0.1, 0.15) is 49.3 Å². The van der Waals surface area contributed by atoms with E-state index in [4.69, 9.17) is 15.1 Å². The summed E-state index contributed by atoms with van der Waals surface area (Å²) >= 11 is 0. The Bertz CT molecular complexity index is 1310. The van der Waals surface area contributed by atoms with E-state index in [0.29, 0.717) is 11.9 Å². The third kappa shape index (κ3) is 5.54. The fraction of sp³-hybridized carbons (Fsp3) is 0.233. The van der Waals surface area contributed by atoms with Gasteiger partial charge in [-0.25, -0.2) is 4.98 Å². The summed E-state index contributed by atoms with van der Waals surface area (Å²) in [6, 6.07) is 30.6. The summed E-state index contributed by atoms with van der Waals surface area (Å²) in [7, 11) is 0. The van der Waals surface area contributed by atoms with Crippen molar-refractivity contribution in [3.63, 3.8) is 0 Å². The molecule has 3 N–H and O–H groups in total. The molecule has 1 fully saturated rings. The minimum absolute atomic E-state index is 0.0816. The summed E-state index contributed by atoms with van der Waals surface area (Å²) in [5, 5.41) is 16.0. The summed E-state index contributed by atoms with van der Waals surface area (Å²) in [6.45, 7) is 2.11. The van der Waals surface area contributed by atoms with Crippen LogP contribution in [0.4, 0.5) is 17.5 Å². The molecule has 0 amide bonds. The first-order valence-electron chi connectivity index (χ1n) is 12.4. The van der Waals surface area contributed by atoms with Gasteiger partial charge in [-0.2, -0.15) is 4.98 Å². The lowest BCUT2D eigenvalue weighted by Gasteiger charge is -2.36. The van der Waals surface area contributed by atoms with Crippen LogP contribution >= 0.6 is 0 Å². The van der Waals surface area contributed by atoms with Crippen LogP contribution in [0, 0.1) is 5.92 Å². The first-order chi connectivity index (χ1) is 17.5. The Hall–Kier alpha value is -4.19. The molecule has 0 aliphatic heterocycles. The highest BCUT2D eigenvalue weighted by atomic mass is 16.4. The van der Waals surface area contributed by atoms with Gasteiger partial charge in [-0.15, -0.1) is 0 Å². The van der Waals surface area contributed by atoms with Crippen molar-refractivity contribution in [2.24, 2.45) is 5.92 Å². The van der Waals surface area contributed by atoms with Crippen molar-refractivity contribution in [2.75, 3.05) is 10.6 Å². The second kappa shape index (κ2) is 10.6. The van der Waals surface area contributed by atoms with Gasteiger partial charge < -0.3 is 15.7 Å². The molecular formula is C30H30N4O2. The highest BCUT2D eigenvalue weighted by Crippen LogP contribution is 2.44. The molecule has 1 saturated carbocycles. The molecule has 2 unspecified atom stereocenters. The molecule has 1 aliphatic rings. The van der Waals surface area contributed by atoms with E-state index in [0.717, 1.165) is 35.6 Å². The first kappa shape index (κ1) is 23.5. The molecule has 4 aromatic rings. The maximum absolute atomic E-state index is 11.1. The van der Waals surface area contributed by atoms with Crippen molar-refractivity contribution < 1.29 is 9.90 Å². The molecule has 0 radical (unpaired) electrons. The quantitative estimate of drug-likeness (QED) is 0.239. The van der Waals surface area contributed by atoms with Crippen LogP contribution in [0.15, 0.2) is 91.0 Å². The monoisotopic (exact) mass is 478 g/mol. The molecule has 0 spiro atoms. The van der Waals surface area contributed by atoms with Gasteiger partial charge in [0.25, 0.3) is 0 Å². The Morgan fingerprint density at radius 3 is 2.28 bits per heavy atom. The van der Waals surface area contributed by atoms with Gasteiger partial charge in [0.15, 0.2) is 0 Å². The number of carboxylic acids is 1. The smallest absolute Gasteiger partial charge is 0.303 e. The van der Waals surface area contributed by atoms with Crippen LogP contribution in [-0.4, -0.2) is 21.0 Å². The zero-order valence-electron chi connectivity index (χ0n) is 20.3. The lowest BCUT2D eigenvalue weighted by molar-refractivity contribution is -0.139. The van der Waals surface area contributed by atoms with Crippen LogP contribution < -0.4 is 10.6 Å². The molecule has 182 valence electrons. The minimum atomic E-state index is -0.718. The number of rotatable bonds is 9. The molecule has 0 saturated heterocycles. The normalized spacial score (nSPS) is 17.6. The summed E-state index contributed by atoms with van der Waals surface area (Å²) < 4.78 is 0. The lowest BCUT2D eigenvalue weighted by atomic mass is 9.68. The van der Waals surface area contributed by atoms with Gasteiger partial charge in [-0.1, -0.05) is 72.8 Å². The summed E-state index contributed by atoms with van der Waals surface area (Å²) in [6.07, 6.45) is 2.26. The molecule has 5 rings (SSSR count). The van der Waals surface area contributed by atoms with Gasteiger partial charge in [0.1, 0.15) is 5.82 Å². The van der Waals surface area contributed by atoms with Gasteiger partial charge in [0.05, 0.1) is 5.69 Å².